The van der Waals surface area contributed by atoms with Gasteiger partial charge in [-0.1, -0.05) is 37.3 Å². The van der Waals surface area contributed by atoms with Crippen LogP contribution in [-0.2, 0) is 9.47 Å². The monoisotopic (exact) mass is 248 g/mol. The van der Waals surface area contributed by atoms with E-state index in [-0.39, 0.29) is 18.0 Å². The van der Waals surface area contributed by atoms with Crippen molar-refractivity contribution < 1.29 is 14.6 Å². The summed E-state index contributed by atoms with van der Waals surface area (Å²) < 4.78 is 11.9. The van der Waals surface area contributed by atoms with Crippen molar-refractivity contribution in [1.29, 1.82) is 0 Å². The van der Waals surface area contributed by atoms with Crippen LogP contribution in [0.25, 0.3) is 0 Å². The van der Waals surface area contributed by atoms with Crippen LogP contribution in [0.4, 0.5) is 0 Å². The molecule has 0 aromatic heterocycles. The maximum absolute atomic E-state index is 9.93. The Morgan fingerprint density at radius 1 is 1.22 bits per heavy atom. The molecule has 0 unspecified atom stereocenters. The first-order valence-corrected chi connectivity index (χ1v) is 6.69. The molecule has 0 radical (unpaired) electrons. The molecule has 0 amide bonds. The highest BCUT2D eigenvalue weighted by Crippen LogP contribution is 2.44. The van der Waals surface area contributed by atoms with Gasteiger partial charge in [-0.3, -0.25) is 0 Å². The van der Waals surface area contributed by atoms with Gasteiger partial charge in [-0.05, 0) is 18.8 Å². The Labute approximate surface area is 108 Å². The summed E-state index contributed by atoms with van der Waals surface area (Å²) in [5.74, 6) is 0.492. The van der Waals surface area contributed by atoms with Gasteiger partial charge in [0.2, 0.25) is 0 Å². The van der Waals surface area contributed by atoms with Gasteiger partial charge in [-0.25, -0.2) is 0 Å². The first-order chi connectivity index (χ1) is 8.67. The summed E-state index contributed by atoms with van der Waals surface area (Å²) in [6.45, 7) is 2.76. The average molecular weight is 248 g/mol. The van der Waals surface area contributed by atoms with Gasteiger partial charge >= 0.3 is 0 Å². The molecule has 4 atom stereocenters. The largest absolute Gasteiger partial charge is 0.393 e. The van der Waals surface area contributed by atoms with E-state index < -0.39 is 0 Å². The van der Waals surface area contributed by atoms with Gasteiger partial charge in [-0.2, -0.15) is 0 Å². The summed E-state index contributed by atoms with van der Waals surface area (Å²) in [5, 5.41) is 9.93. The summed E-state index contributed by atoms with van der Waals surface area (Å²) in [5.41, 5.74) is 0.777. The topological polar surface area (TPSA) is 38.7 Å². The first kappa shape index (κ1) is 12.2. The number of benzene rings is 1. The van der Waals surface area contributed by atoms with Crippen molar-refractivity contribution >= 4 is 0 Å². The Hall–Kier alpha value is -0.900. The number of aliphatic hydroxyl groups excluding tert-OH is 1. The Morgan fingerprint density at radius 2 is 2.00 bits per heavy atom. The summed E-state index contributed by atoms with van der Waals surface area (Å²) in [6.07, 6.45) is 2.02. The van der Waals surface area contributed by atoms with E-state index in [4.69, 9.17) is 9.47 Å². The Morgan fingerprint density at radius 3 is 2.72 bits per heavy atom. The maximum atomic E-state index is 9.93. The molecular weight excluding hydrogens is 228 g/mol. The molecule has 1 aliphatic heterocycles. The molecule has 1 spiro atoms. The molecule has 0 bridgehead atoms. The van der Waals surface area contributed by atoms with E-state index in [2.05, 4.69) is 6.92 Å². The zero-order valence-electron chi connectivity index (χ0n) is 10.7. The van der Waals surface area contributed by atoms with Crippen molar-refractivity contribution in [2.24, 2.45) is 5.92 Å². The van der Waals surface area contributed by atoms with Crippen molar-refractivity contribution in [3.63, 3.8) is 0 Å². The third-order valence-electron chi connectivity index (χ3n) is 3.93. The van der Waals surface area contributed by atoms with Gasteiger partial charge in [0.25, 0.3) is 0 Å². The van der Waals surface area contributed by atoms with Crippen LogP contribution in [0.5, 0.6) is 0 Å². The second-order valence-corrected chi connectivity index (χ2v) is 5.76. The van der Waals surface area contributed by atoms with Crippen LogP contribution in [0.1, 0.15) is 38.0 Å². The van der Waals surface area contributed by atoms with E-state index in [1.165, 1.54) is 0 Å². The normalized spacial score (nSPS) is 40.2. The molecule has 2 aliphatic rings. The van der Waals surface area contributed by atoms with E-state index in [1.54, 1.807) is 0 Å². The standard InChI is InChI=1S/C15H20O3/c1-11-7-13(16)9-15(8-11)10-17-14(18-15)12-5-3-2-4-6-12/h2-6,11,13-14,16H,7-10H2,1H3/t11-,13-,14-,15+/m0/s1. The van der Waals surface area contributed by atoms with Gasteiger partial charge in [0.1, 0.15) is 0 Å². The van der Waals surface area contributed by atoms with Gasteiger partial charge in [0, 0.05) is 12.0 Å². The third kappa shape index (κ3) is 2.30. The summed E-state index contributed by atoms with van der Waals surface area (Å²) in [4.78, 5) is 0. The van der Waals surface area contributed by atoms with Gasteiger partial charge < -0.3 is 14.6 Å². The molecule has 3 nitrogen and oxygen atoms in total. The minimum absolute atomic E-state index is 0.258. The lowest BCUT2D eigenvalue weighted by Crippen LogP contribution is -2.42. The van der Waals surface area contributed by atoms with Crippen molar-refractivity contribution in [2.45, 2.75) is 44.2 Å². The predicted octanol–water partition coefficient (Wildman–Crippen LogP) is 2.65. The fourth-order valence-electron chi connectivity index (χ4n) is 3.29. The Balaban J connectivity index is 1.74. The quantitative estimate of drug-likeness (QED) is 0.830. The molecule has 1 N–H and O–H groups in total. The van der Waals surface area contributed by atoms with Gasteiger partial charge in [0.05, 0.1) is 18.3 Å². The van der Waals surface area contributed by atoms with Crippen molar-refractivity contribution in [2.75, 3.05) is 6.61 Å². The maximum Gasteiger partial charge on any atom is 0.184 e. The number of ether oxygens (including phenoxy) is 2. The second kappa shape index (κ2) is 4.65. The van der Waals surface area contributed by atoms with Crippen LogP contribution in [0.3, 0.4) is 0 Å². The van der Waals surface area contributed by atoms with Crippen molar-refractivity contribution in [3.8, 4) is 0 Å². The SMILES string of the molecule is C[C@H]1C[C@H](O)C[C@@]2(CO[C@H](c3ccccc3)O2)C1. The zero-order valence-corrected chi connectivity index (χ0v) is 10.7. The highest BCUT2D eigenvalue weighted by Gasteiger charge is 2.46. The van der Waals surface area contributed by atoms with Crippen molar-refractivity contribution in [1.82, 2.24) is 0 Å². The fourth-order valence-corrected chi connectivity index (χ4v) is 3.29. The fraction of sp³-hybridized carbons (Fsp3) is 0.600. The molecule has 1 saturated heterocycles. The van der Waals surface area contributed by atoms with E-state index in [1.807, 2.05) is 30.3 Å². The highest BCUT2D eigenvalue weighted by molar-refractivity contribution is 5.17. The number of hydrogen-bond donors (Lipinski definition) is 1. The molecule has 1 aromatic rings. The minimum atomic E-state index is -0.280. The lowest BCUT2D eigenvalue weighted by molar-refractivity contribution is -0.124. The number of aliphatic hydroxyl groups is 1. The molecule has 3 rings (SSSR count). The molecule has 18 heavy (non-hydrogen) atoms. The Kier molecular flexibility index (Phi) is 3.14. The van der Waals surface area contributed by atoms with E-state index >= 15 is 0 Å². The minimum Gasteiger partial charge on any atom is -0.393 e. The molecule has 3 heteroatoms. The molecule has 1 aromatic carbocycles. The summed E-state index contributed by atoms with van der Waals surface area (Å²) >= 11 is 0. The number of rotatable bonds is 1. The van der Waals surface area contributed by atoms with Gasteiger partial charge in [-0.15, -0.1) is 0 Å². The third-order valence-corrected chi connectivity index (χ3v) is 3.93. The van der Waals surface area contributed by atoms with Gasteiger partial charge in [0.15, 0.2) is 6.29 Å². The molecule has 98 valence electrons. The first-order valence-electron chi connectivity index (χ1n) is 6.69. The highest BCUT2D eigenvalue weighted by atomic mass is 16.7. The van der Waals surface area contributed by atoms with Crippen LogP contribution in [-0.4, -0.2) is 23.4 Å². The van der Waals surface area contributed by atoms with Crippen LogP contribution in [0.15, 0.2) is 30.3 Å². The average Bonchev–Trinajstić information content (AvgIpc) is 2.72. The van der Waals surface area contributed by atoms with Crippen LogP contribution < -0.4 is 0 Å². The second-order valence-electron chi connectivity index (χ2n) is 5.76. The Bertz CT molecular complexity index is 393. The summed E-state index contributed by atoms with van der Waals surface area (Å²) in [6, 6.07) is 10.0. The van der Waals surface area contributed by atoms with Crippen LogP contribution in [0, 0.1) is 5.92 Å². The predicted molar refractivity (Wildman–Crippen MR) is 68.0 cm³/mol. The molecule has 1 saturated carbocycles. The van der Waals surface area contributed by atoms with E-state index in [9.17, 15) is 5.11 Å². The zero-order chi connectivity index (χ0) is 12.6. The van der Waals surface area contributed by atoms with Crippen LogP contribution in [0.2, 0.25) is 0 Å². The van der Waals surface area contributed by atoms with E-state index in [0.717, 1.165) is 18.4 Å². The summed E-state index contributed by atoms with van der Waals surface area (Å²) in [7, 11) is 0. The number of hydrogen-bond acceptors (Lipinski definition) is 3. The van der Waals surface area contributed by atoms with E-state index in [0.29, 0.717) is 18.9 Å². The van der Waals surface area contributed by atoms with Crippen molar-refractivity contribution in [3.05, 3.63) is 35.9 Å². The smallest absolute Gasteiger partial charge is 0.184 e. The molecule has 1 heterocycles. The molecule has 1 aliphatic carbocycles. The molecular formula is C15H20O3. The molecule has 2 fully saturated rings. The lowest BCUT2D eigenvalue weighted by atomic mass is 9.78. The lowest BCUT2D eigenvalue weighted by Gasteiger charge is -2.37. The van der Waals surface area contributed by atoms with Crippen LogP contribution >= 0.6 is 0 Å².